The minimum Gasteiger partial charge on any atom is -0.440 e. The summed E-state index contributed by atoms with van der Waals surface area (Å²) in [5.41, 5.74) is 3.92. The third kappa shape index (κ3) is 3.24. The Morgan fingerprint density at radius 1 is 1.08 bits per heavy atom. The summed E-state index contributed by atoms with van der Waals surface area (Å²) in [5.74, 6) is 0.996. The summed E-state index contributed by atoms with van der Waals surface area (Å²) >= 11 is 1.42. The summed E-state index contributed by atoms with van der Waals surface area (Å²) in [6, 6.07) is 16.8. The molecule has 0 atom stereocenters. The second-order valence-corrected chi connectivity index (χ2v) is 6.09. The van der Waals surface area contributed by atoms with Gasteiger partial charge in [0.25, 0.3) is 5.91 Å². The van der Waals surface area contributed by atoms with Crippen LogP contribution in [0.25, 0.3) is 5.69 Å². The van der Waals surface area contributed by atoms with Gasteiger partial charge in [-0.1, -0.05) is 42.1 Å². The standard InChI is InChI=1S/C17H13N5O2S/c23-16-13-8-4-5-9-14(13)24-15(19-20-16)10-25-17-21-18-11-22(17)12-6-2-1-3-7-12/h1-9,11H,10H2,(H,20,23). The van der Waals surface area contributed by atoms with Gasteiger partial charge in [0.15, 0.2) is 5.16 Å². The van der Waals surface area contributed by atoms with E-state index < -0.39 is 0 Å². The van der Waals surface area contributed by atoms with Crippen LogP contribution in [0.1, 0.15) is 10.4 Å². The molecule has 3 aromatic rings. The Kier molecular flexibility index (Phi) is 4.17. The van der Waals surface area contributed by atoms with Gasteiger partial charge in [-0.15, -0.1) is 15.3 Å². The number of nitrogens with one attached hydrogen (secondary N) is 1. The molecule has 0 unspecified atom stereocenters. The van der Waals surface area contributed by atoms with Crippen molar-refractivity contribution in [2.75, 3.05) is 5.75 Å². The van der Waals surface area contributed by atoms with Crippen LogP contribution in [0.2, 0.25) is 0 Å². The fraction of sp³-hybridized carbons (Fsp3) is 0.0588. The normalized spacial score (nSPS) is 13.3. The molecule has 0 fully saturated rings. The first-order valence-electron chi connectivity index (χ1n) is 7.53. The highest BCUT2D eigenvalue weighted by atomic mass is 32.2. The monoisotopic (exact) mass is 351 g/mol. The predicted octanol–water partition coefficient (Wildman–Crippen LogP) is 2.50. The van der Waals surface area contributed by atoms with E-state index in [1.54, 1.807) is 24.5 Å². The summed E-state index contributed by atoms with van der Waals surface area (Å²) in [5, 5.41) is 12.9. The fourth-order valence-corrected chi connectivity index (χ4v) is 3.12. The Hall–Kier alpha value is -3.13. The number of amides is 1. The molecule has 8 heteroatoms. The van der Waals surface area contributed by atoms with Gasteiger partial charge >= 0.3 is 0 Å². The molecule has 1 aliphatic rings. The van der Waals surface area contributed by atoms with Gasteiger partial charge in [0.05, 0.1) is 11.3 Å². The van der Waals surface area contributed by atoms with E-state index in [0.717, 1.165) is 5.69 Å². The van der Waals surface area contributed by atoms with Gasteiger partial charge in [-0.25, -0.2) is 5.43 Å². The van der Waals surface area contributed by atoms with Gasteiger partial charge in [-0.3, -0.25) is 9.36 Å². The van der Waals surface area contributed by atoms with Crippen molar-refractivity contribution in [1.82, 2.24) is 20.2 Å². The summed E-state index contributed by atoms with van der Waals surface area (Å²) in [6.07, 6.45) is 1.66. The molecule has 0 aliphatic carbocycles. The molecule has 2 aromatic carbocycles. The largest absolute Gasteiger partial charge is 0.440 e. The molecular weight excluding hydrogens is 338 g/mol. The molecule has 7 nitrogen and oxygen atoms in total. The number of nitrogens with zero attached hydrogens (tertiary/aromatic N) is 4. The average Bonchev–Trinajstić information content (AvgIpc) is 3.07. The molecule has 0 bridgehead atoms. The number of thioether (sulfide) groups is 1. The van der Waals surface area contributed by atoms with Crippen molar-refractivity contribution < 1.29 is 9.53 Å². The minimum atomic E-state index is -0.289. The lowest BCUT2D eigenvalue weighted by Gasteiger charge is -2.08. The SMILES string of the molecule is O=C1NN=C(CSc2nncn2-c2ccccc2)Oc2ccccc21. The van der Waals surface area contributed by atoms with E-state index in [9.17, 15) is 4.79 Å². The second-order valence-electron chi connectivity index (χ2n) is 5.15. The Labute approximate surface area is 147 Å². The highest BCUT2D eigenvalue weighted by Gasteiger charge is 2.19. The molecule has 25 heavy (non-hydrogen) atoms. The molecule has 0 spiro atoms. The molecule has 2 heterocycles. The number of carbonyl (C=O) groups is 1. The van der Waals surface area contributed by atoms with Crippen LogP contribution >= 0.6 is 11.8 Å². The topological polar surface area (TPSA) is 81.4 Å². The first kappa shape index (κ1) is 15.4. The second kappa shape index (κ2) is 6.78. The number of hydrogen-bond donors (Lipinski definition) is 1. The Bertz CT molecular complexity index is 939. The van der Waals surface area contributed by atoms with Crippen LogP contribution in [0.3, 0.4) is 0 Å². The minimum absolute atomic E-state index is 0.289. The lowest BCUT2D eigenvalue weighted by atomic mass is 10.2. The van der Waals surface area contributed by atoms with E-state index in [1.807, 2.05) is 41.0 Å². The fourth-order valence-electron chi connectivity index (χ4n) is 2.34. The Balaban J connectivity index is 1.52. The zero-order valence-corrected chi connectivity index (χ0v) is 13.8. The van der Waals surface area contributed by atoms with Crippen LogP contribution in [0.15, 0.2) is 71.2 Å². The first-order valence-corrected chi connectivity index (χ1v) is 8.52. The van der Waals surface area contributed by atoms with E-state index in [1.165, 1.54) is 11.8 Å². The van der Waals surface area contributed by atoms with Crippen molar-refractivity contribution in [2.45, 2.75) is 5.16 Å². The average molecular weight is 351 g/mol. The number of ether oxygens (including phenoxy) is 1. The van der Waals surface area contributed by atoms with E-state index in [4.69, 9.17) is 4.74 Å². The number of fused-ring (bicyclic) bond motifs is 1. The van der Waals surface area contributed by atoms with Crippen LogP contribution < -0.4 is 10.2 Å². The highest BCUT2D eigenvalue weighted by molar-refractivity contribution is 7.99. The van der Waals surface area contributed by atoms with Gasteiger partial charge < -0.3 is 4.74 Å². The van der Waals surface area contributed by atoms with Gasteiger partial charge in [0.1, 0.15) is 12.1 Å². The lowest BCUT2D eigenvalue weighted by Crippen LogP contribution is -2.18. The number of hydrazone groups is 1. The maximum absolute atomic E-state index is 12.0. The van der Waals surface area contributed by atoms with Crippen molar-refractivity contribution in [3.63, 3.8) is 0 Å². The van der Waals surface area contributed by atoms with E-state index in [2.05, 4.69) is 20.7 Å². The molecule has 0 radical (unpaired) electrons. The number of benzene rings is 2. The number of aromatic nitrogens is 3. The Morgan fingerprint density at radius 3 is 2.76 bits per heavy atom. The maximum atomic E-state index is 12.0. The quantitative estimate of drug-likeness (QED) is 0.731. The van der Waals surface area contributed by atoms with Crippen LogP contribution in [0.4, 0.5) is 0 Å². The molecule has 124 valence electrons. The van der Waals surface area contributed by atoms with E-state index >= 15 is 0 Å². The lowest BCUT2D eigenvalue weighted by molar-refractivity contribution is 0.0955. The molecule has 1 aliphatic heterocycles. The molecule has 4 rings (SSSR count). The van der Waals surface area contributed by atoms with Gasteiger partial charge in [0.2, 0.25) is 5.90 Å². The van der Waals surface area contributed by atoms with E-state index in [-0.39, 0.29) is 5.91 Å². The Morgan fingerprint density at radius 2 is 1.88 bits per heavy atom. The van der Waals surface area contributed by atoms with Crippen molar-refractivity contribution in [1.29, 1.82) is 0 Å². The van der Waals surface area contributed by atoms with Gasteiger partial charge in [-0.05, 0) is 24.3 Å². The van der Waals surface area contributed by atoms with Crippen LogP contribution in [-0.2, 0) is 0 Å². The summed E-state index contributed by atoms with van der Waals surface area (Å²) in [6.45, 7) is 0. The summed E-state index contributed by atoms with van der Waals surface area (Å²) < 4.78 is 7.64. The van der Waals surface area contributed by atoms with E-state index in [0.29, 0.717) is 28.1 Å². The number of carbonyl (C=O) groups excluding carboxylic acids is 1. The van der Waals surface area contributed by atoms with Crippen molar-refractivity contribution >= 4 is 23.6 Å². The maximum Gasteiger partial charge on any atom is 0.275 e. The van der Waals surface area contributed by atoms with Crippen molar-refractivity contribution in [3.05, 3.63) is 66.5 Å². The molecule has 1 N–H and O–H groups in total. The van der Waals surface area contributed by atoms with Crippen molar-refractivity contribution in [2.24, 2.45) is 5.10 Å². The third-order valence-corrected chi connectivity index (χ3v) is 4.45. The predicted molar refractivity (Wildman–Crippen MR) is 94.1 cm³/mol. The molecule has 0 saturated heterocycles. The van der Waals surface area contributed by atoms with Crippen LogP contribution in [0.5, 0.6) is 5.75 Å². The summed E-state index contributed by atoms with van der Waals surface area (Å²) in [7, 11) is 0. The number of hydrogen-bond acceptors (Lipinski definition) is 6. The number of para-hydroxylation sites is 2. The number of rotatable bonds is 4. The highest BCUT2D eigenvalue weighted by Crippen LogP contribution is 2.23. The van der Waals surface area contributed by atoms with Crippen molar-refractivity contribution in [3.8, 4) is 11.4 Å². The summed E-state index contributed by atoms with van der Waals surface area (Å²) in [4.78, 5) is 12.0. The van der Waals surface area contributed by atoms with Crippen LogP contribution in [0, 0.1) is 0 Å². The van der Waals surface area contributed by atoms with Gasteiger partial charge in [-0.2, -0.15) is 0 Å². The zero-order chi connectivity index (χ0) is 17.1. The molecule has 1 amide bonds. The first-order chi connectivity index (χ1) is 12.3. The third-order valence-electron chi connectivity index (χ3n) is 3.52. The smallest absolute Gasteiger partial charge is 0.275 e. The molecular formula is C17H13N5O2S. The van der Waals surface area contributed by atoms with Crippen LogP contribution in [-0.4, -0.2) is 32.3 Å². The molecule has 0 saturated carbocycles. The molecule has 1 aromatic heterocycles. The zero-order valence-electron chi connectivity index (χ0n) is 13.0. The van der Waals surface area contributed by atoms with Gasteiger partial charge in [0, 0.05) is 5.69 Å².